The van der Waals surface area contributed by atoms with E-state index in [-0.39, 0.29) is 24.8 Å². The van der Waals surface area contributed by atoms with Gasteiger partial charge in [0.15, 0.2) is 11.5 Å². The molecule has 0 unspecified atom stereocenters. The second-order valence-electron chi connectivity index (χ2n) is 6.02. The van der Waals surface area contributed by atoms with Gasteiger partial charge in [0.1, 0.15) is 6.61 Å². The predicted molar refractivity (Wildman–Crippen MR) is 112 cm³/mol. The quantitative estimate of drug-likeness (QED) is 0.454. The zero-order chi connectivity index (χ0) is 20.3. The molecule has 1 saturated heterocycles. The normalized spacial score (nSPS) is 15.1. The first-order valence-electron chi connectivity index (χ1n) is 8.45. The lowest BCUT2D eigenvalue weighted by Gasteiger charge is -2.15. The molecular formula is C20H16BrCl2NO4. The Kier molecular flexibility index (Phi) is 6.65. The molecule has 0 spiro atoms. The topological polar surface area (TPSA) is 64.6 Å². The number of benzene rings is 2. The lowest BCUT2D eigenvalue weighted by Crippen LogP contribution is -2.19. The first kappa shape index (κ1) is 20.7. The summed E-state index contributed by atoms with van der Waals surface area (Å²) in [6.45, 7) is 2.58. The lowest BCUT2D eigenvalue weighted by atomic mass is 10.1. The zero-order valence-electron chi connectivity index (χ0n) is 14.9. The highest BCUT2D eigenvalue weighted by Crippen LogP contribution is 2.38. The first-order valence-corrected chi connectivity index (χ1v) is 10.00. The Hall–Kier alpha value is -2.02. The Morgan fingerprint density at radius 1 is 1.14 bits per heavy atom. The van der Waals surface area contributed by atoms with Crippen LogP contribution in [0.25, 0.3) is 6.08 Å². The number of nitrogens with one attached hydrogen (secondary N) is 1. The van der Waals surface area contributed by atoms with Gasteiger partial charge in [-0.3, -0.25) is 14.9 Å². The molecular weight excluding hydrogens is 469 g/mol. The van der Waals surface area contributed by atoms with Gasteiger partial charge in [-0.15, -0.1) is 0 Å². The highest BCUT2D eigenvalue weighted by Gasteiger charge is 2.24. The molecule has 5 nitrogen and oxygen atoms in total. The van der Waals surface area contributed by atoms with Crippen LogP contribution < -0.4 is 14.8 Å². The number of hydrogen-bond donors (Lipinski definition) is 1. The minimum absolute atomic E-state index is 0.0655. The van der Waals surface area contributed by atoms with Gasteiger partial charge < -0.3 is 9.47 Å². The number of hydrogen-bond acceptors (Lipinski definition) is 4. The maximum Gasteiger partial charge on any atom is 0.254 e. The molecule has 2 amide bonds. The van der Waals surface area contributed by atoms with Crippen LogP contribution in [0.4, 0.5) is 0 Å². The van der Waals surface area contributed by atoms with E-state index in [1.165, 1.54) is 0 Å². The molecule has 1 fully saturated rings. The molecule has 1 aliphatic rings. The van der Waals surface area contributed by atoms with E-state index < -0.39 is 0 Å². The summed E-state index contributed by atoms with van der Waals surface area (Å²) in [5.41, 5.74) is 1.98. The molecule has 8 heteroatoms. The fourth-order valence-electron chi connectivity index (χ4n) is 2.68. The van der Waals surface area contributed by atoms with Gasteiger partial charge in [-0.25, -0.2) is 0 Å². The zero-order valence-corrected chi connectivity index (χ0v) is 18.0. The molecule has 28 heavy (non-hydrogen) atoms. The van der Waals surface area contributed by atoms with Crippen molar-refractivity contribution in [3.8, 4) is 11.5 Å². The summed E-state index contributed by atoms with van der Waals surface area (Å²) < 4.78 is 12.3. The fourth-order valence-corrected chi connectivity index (χ4v) is 3.58. The fraction of sp³-hybridized carbons (Fsp3) is 0.200. The Bertz CT molecular complexity index is 975. The van der Waals surface area contributed by atoms with E-state index in [0.29, 0.717) is 38.2 Å². The van der Waals surface area contributed by atoms with Crippen LogP contribution in [0.2, 0.25) is 10.0 Å². The largest absolute Gasteiger partial charge is 0.490 e. The van der Waals surface area contributed by atoms with Crippen LogP contribution in [-0.4, -0.2) is 18.4 Å². The van der Waals surface area contributed by atoms with Gasteiger partial charge in [0.2, 0.25) is 5.91 Å². The smallest absolute Gasteiger partial charge is 0.254 e. The average molecular weight is 485 g/mol. The number of amides is 2. The van der Waals surface area contributed by atoms with Crippen molar-refractivity contribution in [2.45, 2.75) is 20.0 Å². The van der Waals surface area contributed by atoms with Gasteiger partial charge in [-0.1, -0.05) is 29.3 Å². The van der Waals surface area contributed by atoms with Gasteiger partial charge >= 0.3 is 0 Å². The van der Waals surface area contributed by atoms with E-state index >= 15 is 0 Å². The van der Waals surface area contributed by atoms with Gasteiger partial charge in [-0.2, -0.15) is 0 Å². The molecule has 1 aliphatic heterocycles. The van der Waals surface area contributed by atoms with E-state index in [2.05, 4.69) is 21.2 Å². The second kappa shape index (κ2) is 8.99. The molecule has 1 N–H and O–H groups in total. The third kappa shape index (κ3) is 4.87. The van der Waals surface area contributed by atoms with Crippen LogP contribution in [-0.2, 0) is 16.2 Å². The minimum atomic E-state index is -0.376. The van der Waals surface area contributed by atoms with Gasteiger partial charge in [0.25, 0.3) is 5.91 Å². The maximum atomic E-state index is 11.8. The Morgan fingerprint density at radius 3 is 2.57 bits per heavy atom. The highest BCUT2D eigenvalue weighted by atomic mass is 79.9. The Balaban J connectivity index is 1.86. The number of halogens is 3. The highest BCUT2D eigenvalue weighted by molar-refractivity contribution is 9.10. The minimum Gasteiger partial charge on any atom is -0.490 e. The van der Waals surface area contributed by atoms with Crippen LogP contribution in [0, 0.1) is 0 Å². The van der Waals surface area contributed by atoms with Crippen molar-refractivity contribution >= 4 is 57.0 Å². The van der Waals surface area contributed by atoms with Crippen LogP contribution in [0.15, 0.2) is 40.4 Å². The molecule has 2 aromatic rings. The van der Waals surface area contributed by atoms with E-state index in [1.54, 1.807) is 30.3 Å². The van der Waals surface area contributed by atoms with Gasteiger partial charge in [0, 0.05) is 5.57 Å². The summed E-state index contributed by atoms with van der Waals surface area (Å²) in [6, 6.07) is 8.85. The molecule has 0 bridgehead atoms. The SMILES string of the molecule is CCOc1cc(C=C2CC(=O)NC2=O)cc(Br)c1OCc1ccc(Cl)c(Cl)c1. The standard InChI is InChI=1S/C20H16BrCl2NO4/c1-2-27-17-8-12(5-13-9-18(25)24-20(13)26)6-14(21)19(17)28-10-11-3-4-15(22)16(23)7-11/h3-8H,2,9-10H2,1H3,(H,24,25,26). The van der Waals surface area contributed by atoms with Crippen molar-refractivity contribution in [2.75, 3.05) is 6.61 Å². The molecule has 0 aromatic heterocycles. The molecule has 0 atom stereocenters. The van der Waals surface area contributed by atoms with Crippen molar-refractivity contribution in [3.05, 3.63) is 61.5 Å². The van der Waals surface area contributed by atoms with Crippen LogP contribution in [0.5, 0.6) is 11.5 Å². The van der Waals surface area contributed by atoms with E-state index in [9.17, 15) is 9.59 Å². The van der Waals surface area contributed by atoms with Crippen LogP contribution >= 0.6 is 39.1 Å². The molecule has 1 heterocycles. The van der Waals surface area contributed by atoms with Crippen molar-refractivity contribution in [2.24, 2.45) is 0 Å². The maximum absolute atomic E-state index is 11.8. The Labute approximate surface area is 180 Å². The summed E-state index contributed by atoms with van der Waals surface area (Å²) in [4.78, 5) is 23.1. The van der Waals surface area contributed by atoms with Crippen molar-refractivity contribution < 1.29 is 19.1 Å². The monoisotopic (exact) mass is 483 g/mol. The molecule has 146 valence electrons. The number of carbonyl (C=O) groups excluding carboxylic acids is 2. The third-order valence-corrected chi connectivity index (χ3v) is 5.26. The molecule has 2 aromatic carbocycles. The lowest BCUT2D eigenvalue weighted by molar-refractivity contribution is -0.124. The number of rotatable bonds is 6. The number of ether oxygens (including phenoxy) is 2. The summed E-state index contributed by atoms with van der Waals surface area (Å²) in [7, 11) is 0. The number of imide groups is 1. The first-order chi connectivity index (χ1) is 13.4. The van der Waals surface area contributed by atoms with Crippen molar-refractivity contribution in [1.29, 1.82) is 0 Å². The van der Waals surface area contributed by atoms with Crippen molar-refractivity contribution in [3.63, 3.8) is 0 Å². The molecule has 0 aliphatic carbocycles. The van der Waals surface area contributed by atoms with E-state index in [1.807, 2.05) is 13.0 Å². The summed E-state index contributed by atoms with van der Waals surface area (Å²) in [6.07, 6.45) is 1.73. The van der Waals surface area contributed by atoms with E-state index in [0.717, 1.165) is 11.1 Å². The van der Waals surface area contributed by atoms with Crippen molar-refractivity contribution in [1.82, 2.24) is 5.32 Å². The molecule has 0 saturated carbocycles. The predicted octanol–water partition coefficient (Wildman–Crippen LogP) is 5.16. The average Bonchev–Trinajstić information content (AvgIpc) is 2.94. The second-order valence-corrected chi connectivity index (χ2v) is 7.69. The third-order valence-electron chi connectivity index (χ3n) is 3.94. The summed E-state index contributed by atoms with van der Waals surface area (Å²) in [5, 5.41) is 3.20. The molecule has 3 rings (SSSR count). The Morgan fingerprint density at radius 2 is 1.93 bits per heavy atom. The summed E-state index contributed by atoms with van der Waals surface area (Å²) in [5.74, 6) is 0.372. The molecule has 0 radical (unpaired) electrons. The van der Waals surface area contributed by atoms with E-state index in [4.69, 9.17) is 32.7 Å². The number of carbonyl (C=O) groups is 2. The summed E-state index contributed by atoms with van der Waals surface area (Å²) >= 11 is 15.5. The van der Waals surface area contributed by atoms with Gasteiger partial charge in [-0.05, 0) is 64.3 Å². The van der Waals surface area contributed by atoms with Gasteiger partial charge in [0.05, 0.1) is 27.5 Å². The van der Waals surface area contributed by atoms with Crippen LogP contribution in [0.1, 0.15) is 24.5 Å². The van der Waals surface area contributed by atoms with Crippen LogP contribution in [0.3, 0.4) is 0 Å².